The molecule has 3 aromatic rings. The van der Waals surface area contributed by atoms with Gasteiger partial charge in [-0.2, -0.15) is 0 Å². The quantitative estimate of drug-likeness (QED) is 0.749. The van der Waals surface area contributed by atoms with Crippen LogP contribution < -0.4 is 5.73 Å². The Morgan fingerprint density at radius 3 is 2.95 bits per heavy atom. The van der Waals surface area contributed by atoms with Gasteiger partial charge in [-0.05, 0) is 23.8 Å². The van der Waals surface area contributed by atoms with E-state index in [0.29, 0.717) is 5.13 Å². The number of nitrogens with two attached hydrogens (primary N) is 1. The molecule has 0 aliphatic carbocycles. The summed E-state index contributed by atoms with van der Waals surface area (Å²) >= 11 is 9.15. The number of hydrogen-bond acceptors (Lipinski definition) is 6. The van der Waals surface area contributed by atoms with Crippen LogP contribution in [0.4, 0.5) is 5.13 Å². The Morgan fingerprint density at radius 1 is 1.26 bits per heavy atom. The van der Waals surface area contributed by atoms with Crippen LogP contribution in [0.15, 0.2) is 34.8 Å². The van der Waals surface area contributed by atoms with Crippen molar-refractivity contribution in [2.75, 3.05) is 5.73 Å². The molecule has 1 aromatic carbocycles. The normalized spacial score (nSPS) is 11.0. The number of benzene rings is 1. The molecule has 0 radical (unpaired) electrons. The van der Waals surface area contributed by atoms with E-state index in [1.54, 1.807) is 18.0 Å². The Balaban J connectivity index is 1.91. The average molecular weight is 309 g/mol. The van der Waals surface area contributed by atoms with Gasteiger partial charge in [0.25, 0.3) is 0 Å². The smallest absolute Gasteiger partial charge is 0.203 e. The van der Waals surface area contributed by atoms with Crippen LogP contribution in [0.3, 0.4) is 0 Å². The standard InChI is InChI=1S/C12H9ClN4S2/c13-9-4-3-7(10-8(9)2-1-5-15-10)6-18-12-17-16-11(14)19-12/h1-5H,6H2,(H2,14,16). The summed E-state index contributed by atoms with van der Waals surface area (Å²) in [6.07, 6.45) is 1.77. The predicted molar refractivity (Wildman–Crippen MR) is 80.6 cm³/mol. The van der Waals surface area contributed by atoms with Crippen LogP contribution in [0.1, 0.15) is 5.56 Å². The Morgan fingerprint density at radius 2 is 2.16 bits per heavy atom. The van der Waals surface area contributed by atoms with E-state index < -0.39 is 0 Å². The van der Waals surface area contributed by atoms with Crippen molar-refractivity contribution in [3.8, 4) is 0 Å². The Bertz CT molecular complexity index is 729. The second-order valence-corrected chi connectivity index (χ2v) is 6.44. The van der Waals surface area contributed by atoms with Crippen molar-refractivity contribution in [2.45, 2.75) is 10.1 Å². The minimum atomic E-state index is 0.488. The first-order valence-corrected chi connectivity index (χ1v) is 7.66. The maximum absolute atomic E-state index is 6.17. The third-order valence-electron chi connectivity index (χ3n) is 2.57. The lowest BCUT2D eigenvalue weighted by molar-refractivity contribution is 1.02. The highest BCUT2D eigenvalue weighted by atomic mass is 35.5. The maximum Gasteiger partial charge on any atom is 0.203 e. The molecule has 0 unspecified atom stereocenters. The van der Waals surface area contributed by atoms with Crippen LogP contribution in [-0.2, 0) is 5.75 Å². The Kier molecular flexibility index (Phi) is 3.54. The molecular weight excluding hydrogens is 300 g/mol. The summed E-state index contributed by atoms with van der Waals surface area (Å²) in [4.78, 5) is 4.40. The van der Waals surface area contributed by atoms with Gasteiger partial charge in [0.15, 0.2) is 4.34 Å². The molecule has 4 nitrogen and oxygen atoms in total. The van der Waals surface area contributed by atoms with Gasteiger partial charge in [-0.1, -0.05) is 40.8 Å². The maximum atomic E-state index is 6.17. The van der Waals surface area contributed by atoms with Crippen LogP contribution in [0.5, 0.6) is 0 Å². The molecule has 0 bridgehead atoms. The number of aromatic nitrogens is 3. The molecule has 2 heterocycles. The highest BCUT2D eigenvalue weighted by Gasteiger charge is 2.08. The minimum absolute atomic E-state index is 0.488. The first kappa shape index (κ1) is 12.7. The van der Waals surface area contributed by atoms with Gasteiger partial charge in [0.1, 0.15) is 0 Å². The molecule has 0 spiro atoms. The van der Waals surface area contributed by atoms with Crippen molar-refractivity contribution in [3.63, 3.8) is 0 Å². The lowest BCUT2D eigenvalue weighted by atomic mass is 10.1. The topological polar surface area (TPSA) is 64.7 Å². The molecule has 7 heteroatoms. The van der Waals surface area contributed by atoms with Crippen LogP contribution >= 0.6 is 34.7 Å². The van der Waals surface area contributed by atoms with Gasteiger partial charge < -0.3 is 5.73 Å². The second-order valence-electron chi connectivity index (χ2n) is 3.80. The summed E-state index contributed by atoms with van der Waals surface area (Å²) in [5.41, 5.74) is 7.61. The molecule has 96 valence electrons. The largest absolute Gasteiger partial charge is 0.374 e. The van der Waals surface area contributed by atoms with Crippen molar-refractivity contribution in [2.24, 2.45) is 0 Å². The number of thioether (sulfide) groups is 1. The SMILES string of the molecule is Nc1nnc(SCc2ccc(Cl)c3cccnc23)s1. The van der Waals surface area contributed by atoms with Crippen molar-refractivity contribution in [1.82, 2.24) is 15.2 Å². The van der Waals surface area contributed by atoms with E-state index in [-0.39, 0.29) is 0 Å². The number of halogens is 1. The van der Waals surface area contributed by atoms with Crippen LogP contribution in [0, 0.1) is 0 Å². The van der Waals surface area contributed by atoms with E-state index in [0.717, 1.165) is 31.6 Å². The Labute approximate surface area is 123 Å². The molecule has 0 aliphatic heterocycles. The molecule has 19 heavy (non-hydrogen) atoms. The molecule has 0 saturated carbocycles. The molecule has 0 fully saturated rings. The van der Waals surface area contributed by atoms with Gasteiger partial charge in [0.2, 0.25) is 5.13 Å². The van der Waals surface area contributed by atoms with E-state index in [2.05, 4.69) is 15.2 Å². The number of nitrogen functional groups attached to an aromatic ring is 1. The average Bonchev–Trinajstić information content (AvgIpc) is 2.84. The van der Waals surface area contributed by atoms with E-state index in [1.165, 1.54) is 11.3 Å². The molecule has 3 rings (SSSR count). The summed E-state index contributed by atoms with van der Waals surface area (Å²) < 4.78 is 0.858. The third kappa shape index (κ3) is 2.65. The zero-order chi connectivity index (χ0) is 13.2. The molecule has 0 atom stereocenters. The van der Waals surface area contributed by atoms with Crippen molar-refractivity contribution >= 4 is 50.7 Å². The van der Waals surface area contributed by atoms with Crippen molar-refractivity contribution in [1.29, 1.82) is 0 Å². The molecular formula is C12H9ClN4S2. The number of hydrogen-bond donors (Lipinski definition) is 1. The van der Waals surface area contributed by atoms with Crippen LogP contribution in [0.25, 0.3) is 10.9 Å². The van der Waals surface area contributed by atoms with Crippen LogP contribution in [0.2, 0.25) is 5.02 Å². The number of fused-ring (bicyclic) bond motifs is 1. The van der Waals surface area contributed by atoms with Gasteiger partial charge in [-0.3, -0.25) is 4.98 Å². The van der Waals surface area contributed by atoms with Gasteiger partial charge in [0.05, 0.1) is 5.52 Å². The fourth-order valence-corrected chi connectivity index (χ4v) is 3.57. The summed E-state index contributed by atoms with van der Waals surface area (Å²) in [5.74, 6) is 0.763. The Hall–Kier alpha value is -1.37. The van der Waals surface area contributed by atoms with Gasteiger partial charge in [-0.15, -0.1) is 10.2 Å². The summed E-state index contributed by atoms with van der Waals surface area (Å²) in [5, 5.41) is 9.96. The zero-order valence-corrected chi connectivity index (χ0v) is 12.1. The van der Waals surface area contributed by atoms with Gasteiger partial charge in [0, 0.05) is 22.4 Å². The number of pyridine rings is 1. The number of nitrogens with zero attached hydrogens (tertiary/aromatic N) is 3. The lowest BCUT2D eigenvalue weighted by Gasteiger charge is -2.05. The van der Waals surface area contributed by atoms with E-state index in [9.17, 15) is 0 Å². The molecule has 0 aliphatic rings. The zero-order valence-electron chi connectivity index (χ0n) is 9.71. The highest BCUT2D eigenvalue weighted by Crippen LogP contribution is 2.31. The van der Waals surface area contributed by atoms with Crippen molar-refractivity contribution < 1.29 is 0 Å². The van der Waals surface area contributed by atoms with Gasteiger partial charge >= 0.3 is 0 Å². The van der Waals surface area contributed by atoms with E-state index in [4.69, 9.17) is 17.3 Å². The molecule has 2 N–H and O–H groups in total. The first-order chi connectivity index (χ1) is 9.24. The molecule has 2 aromatic heterocycles. The minimum Gasteiger partial charge on any atom is -0.374 e. The second kappa shape index (κ2) is 5.32. The summed E-state index contributed by atoms with van der Waals surface area (Å²) in [7, 11) is 0. The molecule has 0 saturated heterocycles. The van der Waals surface area contributed by atoms with E-state index in [1.807, 2.05) is 24.3 Å². The summed E-state index contributed by atoms with van der Waals surface area (Å²) in [6.45, 7) is 0. The predicted octanol–water partition coefficient (Wildman–Crippen LogP) is 3.61. The summed E-state index contributed by atoms with van der Waals surface area (Å²) in [6, 6.07) is 7.75. The first-order valence-electron chi connectivity index (χ1n) is 5.48. The fourth-order valence-electron chi connectivity index (χ4n) is 1.73. The van der Waals surface area contributed by atoms with Crippen molar-refractivity contribution in [3.05, 3.63) is 41.0 Å². The lowest BCUT2D eigenvalue weighted by Crippen LogP contribution is -1.88. The highest BCUT2D eigenvalue weighted by molar-refractivity contribution is 8.00. The fraction of sp³-hybridized carbons (Fsp3) is 0.0833. The monoisotopic (exact) mass is 308 g/mol. The van der Waals surface area contributed by atoms with Crippen LogP contribution in [-0.4, -0.2) is 15.2 Å². The molecule has 0 amide bonds. The number of rotatable bonds is 3. The van der Waals surface area contributed by atoms with Gasteiger partial charge in [-0.25, -0.2) is 0 Å². The van der Waals surface area contributed by atoms with E-state index >= 15 is 0 Å². The number of anilines is 1. The third-order valence-corrected chi connectivity index (χ3v) is 4.84.